The minimum Gasteiger partial charge on any atom is -0.362 e. The maximum absolute atomic E-state index is 4.86. The summed E-state index contributed by atoms with van der Waals surface area (Å²) in [6, 6.07) is 0. The zero-order valence-corrected chi connectivity index (χ0v) is 6.89. The number of nitrogens with one attached hydrogen (secondary N) is 2. The maximum Gasteiger partial charge on any atom is 0.315 e. The molecule has 0 fully saturated rings. The van der Waals surface area contributed by atoms with Gasteiger partial charge in [-0.3, -0.25) is 0 Å². The number of hydrogen-bond acceptors (Lipinski definition) is 11. The Balaban J connectivity index is 2.06. The van der Waals surface area contributed by atoms with Crippen molar-refractivity contribution in [2.24, 2.45) is 5.10 Å². The van der Waals surface area contributed by atoms with E-state index in [9.17, 15) is 0 Å². The second kappa shape index (κ2) is 2.95. The fraction of sp³-hybridized carbons (Fsp3) is 0. The summed E-state index contributed by atoms with van der Waals surface area (Å²) in [5, 5.41) is 24.6. The van der Waals surface area contributed by atoms with Gasteiger partial charge in [-0.15, -0.1) is 14.9 Å². The molecule has 76 valence electrons. The molecule has 12 heteroatoms. The van der Waals surface area contributed by atoms with Crippen LogP contribution in [0, 0.1) is 0 Å². The van der Waals surface area contributed by atoms with E-state index < -0.39 is 0 Å². The molecule has 15 heavy (non-hydrogen) atoms. The molecule has 0 bridgehead atoms. The summed E-state index contributed by atoms with van der Waals surface area (Å²) >= 11 is 0. The first-order chi connectivity index (χ1) is 7.45. The standard InChI is InChI=1S/C3H2N10O2/c4-1(2-5-9-12-14-2)13(10-8-4)3-6-11-15-7-3/h9,12H. The third-order valence-electron chi connectivity index (χ3n) is 1.49. The average Bonchev–Trinajstić information content (AvgIpc) is 3.01. The summed E-state index contributed by atoms with van der Waals surface area (Å²) < 4.78 is 5.47. The first kappa shape index (κ1) is 7.74. The van der Waals surface area contributed by atoms with Crippen LogP contribution < -0.4 is 11.1 Å². The van der Waals surface area contributed by atoms with Crippen LogP contribution in [-0.2, 0) is 4.84 Å². The predicted molar refractivity (Wildman–Crippen MR) is 38.7 cm³/mol. The van der Waals surface area contributed by atoms with E-state index >= 15 is 0 Å². The number of tetrazole rings is 1. The van der Waals surface area contributed by atoms with Crippen molar-refractivity contribution in [2.45, 2.75) is 0 Å². The Kier molecular flexibility index (Phi) is 1.52. The topological polar surface area (TPSA) is 141 Å². The molecule has 0 amide bonds. The van der Waals surface area contributed by atoms with E-state index in [2.05, 4.69) is 51.9 Å². The first-order valence-corrected chi connectivity index (χ1v) is 3.64. The highest BCUT2D eigenvalue weighted by atomic mass is 16.7. The molecule has 2 N–H and O–H groups in total. The lowest BCUT2D eigenvalue weighted by molar-refractivity contribution is 0.173. The van der Waals surface area contributed by atoms with Crippen LogP contribution in [-0.4, -0.2) is 41.6 Å². The molecule has 0 radical (unpaired) electrons. The smallest absolute Gasteiger partial charge is 0.315 e. The van der Waals surface area contributed by atoms with Crippen LogP contribution in [0.5, 0.6) is 0 Å². The lowest BCUT2D eigenvalue weighted by Crippen LogP contribution is -2.20. The number of rotatable bonds is 2. The van der Waals surface area contributed by atoms with Crippen LogP contribution in [0.15, 0.2) is 9.73 Å². The number of hydrogen-bond donors (Lipinski definition) is 2. The molecule has 12 nitrogen and oxygen atoms in total. The van der Waals surface area contributed by atoms with E-state index in [4.69, 9.17) is 4.84 Å². The molecule has 0 spiro atoms. The van der Waals surface area contributed by atoms with Gasteiger partial charge in [0.1, 0.15) is 0 Å². The van der Waals surface area contributed by atoms with Crippen molar-refractivity contribution in [3.63, 3.8) is 0 Å². The van der Waals surface area contributed by atoms with E-state index in [1.54, 1.807) is 0 Å². The molecule has 0 unspecified atom stereocenters. The Morgan fingerprint density at radius 2 is 2.27 bits per heavy atom. The van der Waals surface area contributed by atoms with E-state index in [0.29, 0.717) is 0 Å². The Hall–Kier alpha value is -2.63. The van der Waals surface area contributed by atoms with Gasteiger partial charge in [0.05, 0.1) is 5.27 Å². The van der Waals surface area contributed by atoms with E-state index in [1.165, 1.54) is 0 Å². The lowest BCUT2D eigenvalue weighted by Gasteiger charge is -1.95. The van der Waals surface area contributed by atoms with Crippen LogP contribution in [0.25, 0.3) is 5.95 Å². The first-order valence-electron chi connectivity index (χ1n) is 3.64. The van der Waals surface area contributed by atoms with E-state index in [-0.39, 0.29) is 17.7 Å². The van der Waals surface area contributed by atoms with Crippen LogP contribution in [0.4, 0.5) is 0 Å². The average molecular weight is 210 g/mol. The Labute approximate surface area is 80.2 Å². The fourth-order valence-corrected chi connectivity index (χ4v) is 0.927. The molecule has 1 aliphatic heterocycles. The normalized spacial score (nSPS) is 14.5. The van der Waals surface area contributed by atoms with Crippen molar-refractivity contribution in [1.29, 1.82) is 0 Å². The summed E-state index contributed by atoms with van der Waals surface area (Å²) in [5.41, 5.74) is 4.65. The summed E-state index contributed by atoms with van der Waals surface area (Å²) in [7, 11) is 0. The van der Waals surface area contributed by atoms with Crippen molar-refractivity contribution < 1.29 is 9.47 Å². The summed E-state index contributed by atoms with van der Waals surface area (Å²) in [5.74, 6) is 0.425. The Morgan fingerprint density at radius 1 is 1.27 bits per heavy atom. The van der Waals surface area contributed by atoms with Crippen LogP contribution in [0.1, 0.15) is 5.82 Å². The Morgan fingerprint density at radius 3 is 3.00 bits per heavy atom. The molecule has 0 aliphatic carbocycles. The van der Waals surface area contributed by atoms with Gasteiger partial charge in [0, 0.05) is 0 Å². The van der Waals surface area contributed by atoms with Gasteiger partial charge in [-0.1, -0.05) is 5.10 Å². The van der Waals surface area contributed by atoms with Gasteiger partial charge in [0.2, 0.25) is 5.82 Å². The minimum absolute atomic E-state index is 0.0770. The van der Waals surface area contributed by atoms with Gasteiger partial charge in [-0.05, 0) is 21.2 Å². The number of hydrazone groups is 1. The molecule has 3 heterocycles. The number of aromatic nitrogens is 7. The van der Waals surface area contributed by atoms with Crippen molar-refractivity contribution in [2.75, 3.05) is 0 Å². The van der Waals surface area contributed by atoms with Gasteiger partial charge in [0.25, 0.3) is 0 Å². The van der Waals surface area contributed by atoms with Gasteiger partial charge >= 0.3 is 11.8 Å². The van der Waals surface area contributed by atoms with Crippen molar-refractivity contribution >= 4 is 5.90 Å². The molecule has 2 aromatic rings. The largest absolute Gasteiger partial charge is 0.362 e. The quantitative estimate of drug-likeness (QED) is 0.531. The number of hydrazine groups is 1. The van der Waals surface area contributed by atoms with Crippen molar-refractivity contribution in [3.8, 4) is 5.95 Å². The third-order valence-corrected chi connectivity index (χ3v) is 1.49. The van der Waals surface area contributed by atoms with Crippen LogP contribution in [0.2, 0.25) is 0 Å². The molecule has 0 atom stereocenters. The number of nitrogens with zero attached hydrogens (tertiary/aromatic N) is 8. The van der Waals surface area contributed by atoms with Crippen LogP contribution >= 0.6 is 0 Å². The summed E-state index contributed by atoms with van der Waals surface area (Å²) in [4.78, 5) is 4.86. The minimum atomic E-state index is 0.0770. The monoisotopic (exact) mass is 210 g/mol. The molecule has 0 saturated carbocycles. The predicted octanol–water partition coefficient (Wildman–Crippen LogP) is -2.86. The third kappa shape index (κ3) is 1.16. The van der Waals surface area contributed by atoms with Crippen LogP contribution in [0.3, 0.4) is 0 Å². The molecule has 0 saturated heterocycles. The molecule has 2 aromatic heterocycles. The molecular weight excluding hydrogens is 208 g/mol. The van der Waals surface area contributed by atoms with E-state index in [1.807, 2.05) is 0 Å². The van der Waals surface area contributed by atoms with Gasteiger partial charge in [0.15, 0.2) is 0 Å². The zero-order chi connectivity index (χ0) is 10.1. The SMILES string of the molecule is N1=C(c2nnnn2-c2nnon2)ONN1. The lowest BCUT2D eigenvalue weighted by atomic mass is 10.6. The van der Waals surface area contributed by atoms with Gasteiger partial charge in [-0.25, -0.2) is 10.2 Å². The highest BCUT2D eigenvalue weighted by Gasteiger charge is 2.22. The van der Waals surface area contributed by atoms with Crippen molar-refractivity contribution in [1.82, 2.24) is 46.9 Å². The van der Waals surface area contributed by atoms with E-state index in [0.717, 1.165) is 4.68 Å². The Bertz CT molecular complexity index is 485. The molecule has 0 aromatic carbocycles. The zero-order valence-electron chi connectivity index (χ0n) is 6.89. The highest BCUT2D eigenvalue weighted by molar-refractivity contribution is 5.90. The molecular formula is C3H2N10O2. The second-order valence-electron chi connectivity index (χ2n) is 2.30. The molecule has 3 rings (SSSR count). The molecule has 1 aliphatic rings. The van der Waals surface area contributed by atoms with Crippen molar-refractivity contribution in [3.05, 3.63) is 5.82 Å². The van der Waals surface area contributed by atoms with Gasteiger partial charge < -0.3 is 4.84 Å². The second-order valence-corrected chi connectivity index (χ2v) is 2.30. The van der Waals surface area contributed by atoms with Gasteiger partial charge in [-0.2, -0.15) is 0 Å². The maximum atomic E-state index is 4.86. The summed E-state index contributed by atoms with van der Waals surface area (Å²) in [6.07, 6.45) is 0. The fourth-order valence-electron chi connectivity index (χ4n) is 0.927. The highest BCUT2D eigenvalue weighted by Crippen LogP contribution is 2.02. The summed E-state index contributed by atoms with van der Waals surface area (Å²) in [6.45, 7) is 0.